The van der Waals surface area contributed by atoms with Crippen molar-refractivity contribution in [2.24, 2.45) is 0 Å². The third-order valence-corrected chi connectivity index (χ3v) is 8.81. The molecule has 1 saturated heterocycles. The monoisotopic (exact) mass is 540 g/mol. The van der Waals surface area contributed by atoms with E-state index in [0.29, 0.717) is 36.5 Å². The number of alkyl halides is 2. The third-order valence-electron chi connectivity index (χ3n) is 7.57. The molecule has 13 heteroatoms. The maximum absolute atomic E-state index is 13.2. The van der Waals surface area contributed by atoms with E-state index in [1.54, 1.807) is 16.9 Å². The van der Waals surface area contributed by atoms with Gasteiger partial charge in [0.1, 0.15) is 11.6 Å². The van der Waals surface area contributed by atoms with Gasteiger partial charge in [0.2, 0.25) is 10.0 Å². The van der Waals surface area contributed by atoms with E-state index >= 15 is 0 Å². The topological polar surface area (TPSA) is 111 Å². The van der Waals surface area contributed by atoms with Gasteiger partial charge in [-0.1, -0.05) is 12.1 Å². The van der Waals surface area contributed by atoms with Crippen LogP contribution in [0.15, 0.2) is 48.8 Å². The van der Waals surface area contributed by atoms with Gasteiger partial charge in [-0.05, 0) is 36.2 Å². The highest BCUT2D eigenvalue weighted by Gasteiger charge is 2.42. The fourth-order valence-corrected chi connectivity index (χ4v) is 6.62. The number of rotatable bonds is 5. The van der Waals surface area contributed by atoms with Crippen molar-refractivity contribution < 1.29 is 26.7 Å². The molecule has 5 heterocycles. The van der Waals surface area contributed by atoms with Crippen molar-refractivity contribution in [2.75, 3.05) is 19.3 Å². The Bertz CT molecular complexity index is 1730. The number of carbonyl (C=O) groups is 1. The molecule has 2 atom stereocenters. The number of imidazole rings is 1. The van der Waals surface area contributed by atoms with Crippen LogP contribution in [0.1, 0.15) is 46.3 Å². The molecule has 2 bridgehead atoms. The summed E-state index contributed by atoms with van der Waals surface area (Å²) in [5, 5.41) is 7.44. The van der Waals surface area contributed by atoms with Gasteiger partial charge >= 0.3 is 6.61 Å². The van der Waals surface area contributed by atoms with Crippen molar-refractivity contribution in [3.8, 4) is 16.9 Å². The first-order chi connectivity index (χ1) is 18.2. The Hall–Kier alpha value is -3.84. The Labute approximate surface area is 215 Å². The molecule has 0 saturated carbocycles. The largest absolute Gasteiger partial charge is 0.434 e. The maximum Gasteiger partial charge on any atom is 0.387 e. The SMILES string of the molecule is CS(=O)(=O)N1CC(n2cc(-c3ccc4nc5n(c4c3)[C@@H]3C[C@H]5NC(=O)c4cccc(OC(F)F)c43)cn2)C1. The van der Waals surface area contributed by atoms with Crippen molar-refractivity contribution >= 4 is 27.0 Å². The standard InChI is InChI=1S/C25H22F2N6O4S/c1-38(35,36)31-11-15(12-31)32-10-14(9-28-32)13-5-6-17-19(7-13)33-20-8-18(23(33)29-17)30-24(34)16-3-2-4-21(22(16)20)37-25(26)27/h2-7,9-10,15,18,20,25H,8,11-12H2,1H3,(H,30,34)/t18-,20-/m1/s1. The third kappa shape index (κ3) is 3.52. The first-order valence-electron chi connectivity index (χ1n) is 12.1. The highest BCUT2D eigenvalue weighted by atomic mass is 32.2. The zero-order valence-electron chi connectivity index (χ0n) is 20.1. The van der Waals surface area contributed by atoms with Crippen molar-refractivity contribution in [3.63, 3.8) is 0 Å². The predicted octanol–water partition coefficient (Wildman–Crippen LogP) is 3.10. The van der Waals surface area contributed by atoms with Crippen molar-refractivity contribution in [2.45, 2.75) is 31.2 Å². The molecule has 38 heavy (non-hydrogen) atoms. The predicted molar refractivity (Wildman–Crippen MR) is 132 cm³/mol. The van der Waals surface area contributed by atoms with Gasteiger partial charge in [0.15, 0.2) is 0 Å². The first-order valence-corrected chi connectivity index (χ1v) is 13.9. The number of sulfonamides is 1. The number of halogens is 2. The molecule has 0 spiro atoms. The Morgan fingerprint density at radius 3 is 2.74 bits per heavy atom. The van der Waals surface area contributed by atoms with Crippen LogP contribution in [0.5, 0.6) is 5.75 Å². The van der Waals surface area contributed by atoms with Crippen LogP contribution in [0.2, 0.25) is 0 Å². The van der Waals surface area contributed by atoms with E-state index in [-0.39, 0.29) is 23.7 Å². The summed E-state index contributed by atoms with van der Waals surface area (Å²) in [6.45, 7) is -2.26. The molecule has 3 aliphatic heterocycles. The number of hydrogen-bond donors (Lipinski definition) is 1. The van der Waals surface area contributed by atoms with E-state index in [4.69, 9.17) is 9.72 Å². The lowest BCUT2D eigenvalue weighted by molar-refractivity contribution is -0.0507. The molecule has 0 unspecified atom stereocenters. The quantitative estimate of drug-likeness (QED) is 0.417. The van der Waals surface area contributed by atoms with Crippen molar-refractivity contribution in [1.29, 1.82) is 0 Å². The van der Waals surface area contributed by atoms with Crippen LogP contribution in [0, 0.1) is 0 Å². The number of nitrogens with zero attached hydrogens (tertiary/aromatic N) is 5. The van der Waals surface area contributed by atoms with Gasteiger partial charge in [-0.25, -0.2) is 13.4 Å². The van der Waals surface area contributed by atoms with Crippen LogP contribution in [-0.2, 0) is 10.0 Å². The fourth-order valence-electron chi connectivity index (χ4n) is 5.73. The molecule has 2 aromatic carbocycles. The number of nitrogens with one attached hydrogen (secondary N) is 1. The molecule has 1 fully saturated rings. The zero-order chi connectivity index (χ0) is 26.3. The highest BCUT2D eigenvalue weighted by Crippen LogP contribution is 2.47. The molecule has 0 aliphatic carbocycles. The van der Waals surface area contributed by atoms with Crippen LogP contribution in [0.4, 0.5) is 8.78 Å². The summed E-state index contributed by atoms with van der Waals surface area (Å²) in [4.78, 5) is 17.7. The Kier molecular flexibility index (Phi) is 4.95. The van der Waals surface area contributed by atoms with E-state index in [2.05, 4.69) is 10.4 Å². The van der Waals surface area contributed by atoms with E-state index in [1.165, 1.54) is 22.7 Å². The second-order valence-electron chi connectivity index (χ2n) is 9.86. The summed E-state index contributed by atoms with van der Waals surface area (Å²) in [7, 11) is -3.21. The van der Waals surface area contributed by atoms with E-state index in [9.17, 15) is 22.0 Å². The number of carbonyl (C=O) groups excluding carboxylic acids is 1. The average Bonchev–Trinajstić information content (AvgIpc) is 3.49. The molecule has 0 radical (unpaired) electrons. The lowest BCUT2D eigenvalue weighted by Crippen LogP contribution is -2.50. The summed E-state index contributed by atoms with van der Waals surface area (Å²) in [5.74, 6) is 0.303. The molecule has 7 rings (SSSR count). The van der Waals surface area contributed by atoms with Crippen LogP contribution in [0.3, 0.4) is 0 Å². The average molecular weight is 541 g/mol. The molecule has 196 valence electrons. The number of amides is 1. The minimum Gasteiger partial charge on any atom is -0.434 e. The van der Waals surface area contributed by atoms with Crippen LogP contribution in [-0.4, -0.2) is 63.9 Å². The molecule has 4 aromatic rings. The van der Waals surface area contributed by atoms with Gasteiger partial charge in [0, 0.05) is 36.0 Å². The minimum atomic E-state index is -3.21. The van der Waals surface area contributed by atoms with E-state index in [0.717, 1.165) is 22.2 Å². The van der Waals surface area contributed by atoms with Gasteiger partial charge < -0.3 is 14.6 Å². The van der Waals surface area contributed by atoms with Gasteiger partial charge in [-0.3, -0.25) is 9.48 Å². The molecular formula is C25H22F2N6O4S. The zero-order valence-corrected chi connectivity index (χ0v) is 20.9. The van der Waals surface area contributed by atoms with Crippen molar-refractivity contribution in [3.05, 3.63) is 65.7 Å². The van der Waals surface area contributed by atoms with E-state index < -0.39 is 22.7 Å². The number of hydrogen-bond acceptors (Lipinski definition) is 6. The second kappa shape index (κ2) is 8.08. The smallest absolute Gasteiger partial charge is 0.387 e. The van der Waals surface area contributed by atoms with Crippen LogP contribution < -0.4 is 10.1 Å². The number of fused-ring (bicyclic) bond motifs is 9. The lowest BCUT2D eigenvalue weighted by Gasteiger charge is -2.37. The minimum absolute atomic E-state index is 0.0194. The summed E-state index contributed by atoms with van der Waals surface area (Å²) in [6, 6.07) is 9.59. The molecule has 1 amide bonds. The molecular weight excluding hydrogens is 518 g/mol. The van der Waals surface area contributed by atoms with Gasteiger partial charge in [-0.2, -0.15) is 18.2 Å². The van der Waals surface area contributed by atoms with Crippen LogP contribution >= 0.6 is 0 Å². The Balaban J connectivity index is 1.28. The summed E-state index contributed by atoms with van der Waals surface area (Å²) in [5.41, 5.74) is 3.99. The number of aromatic nitrogens is 4. The fraction of sp³-hybridized carbons (Fsp3) is 0.320. The van der Waals surface area contributed by atoms with Crippen molar-refractivity contribution in [1.82, 2.24) is 29.0 Å². The number of ether oxygens (including phenoxy) is 1. The normalized spacial score (nSPS) is 21.2. The molecule has 2 aromatic heterocycles. The molecule has 3 aliphatic rings. The highest BCUT2D eigenvalue weighted by molar-refractivity contribution is 7.88. The van der Waals surface area contributed by atoms with Gasteiger partial charge in [-0.15, -0.1) is 0 Å². The summed E-state index contributed by atoms with van der Waals surface area (Å²) < 4.78 is 59.9. The second-order valence-corrected chi connectivity index (χ2v) is 11.8. The number of benzene rings is 2. The lowest BCUT2D eigenvalue weighted by atomic mass is 9.97. The Morgan fingerprint density at radius 1 is 1.16 bits per heavy atom. The Morgan fingerprint density at radius 2 is 1.97 bits per heavy atom. The van der Waals surface area contributed by atoms with Gasteiger partial charge in [0.05, 0.1) is 41.6 Å². The maximum atomic E-state index is 13.2. The summed E-state index contributed by atoms with van der Waals surface area (Å²) >= 11 is 0. The van der Waals surface area contributed by atoms with Gasteiger partial charge in [0.25, 0.3) is 5.91 Å². The molecule has 1 N–H and O–H groups in total. The first kappa shape index (κ1) is 23.3. The molecule has 10 nitrogen and oxygen atoms in total. The summed E-state index contributed by atoms with van der Waals surface area (Å²) in [6.07, 6.45) is 5.29. The van der Waals surface area contributed by atoms with E-state index in [1.807, 2.05) is 29.0 Å². The van der Waals surface area contributed by atoms with Crippen LogP contribution in [0.25, 0.3) is 22.2 Å².